The van der Waals surface area contributed by atoms with Crippen molar-refractivity contribution in [2.24, 2.45) is 5.73 Å². The smallest absolute Gasteiger partial charge is 0.263 e. The number of aromatic nitrogens is 1. The van der Waals surface area contributed by atoms with Crippen LogP contribution in [0.2, 0.25) is 0 Å². The van der Waals surface area contributed by atoms with Crippen molar-refractivity contribution in [3.63, 3.8) is 0 Å². The fourth-order valence-corrected chi connectivity index (χ4v) is 4.19. The second kappa shape index (κ2) is 13.8. The molecule has 1 unspecified atom stereocenters. The Labute approximate surface area is 251 Å². The molecule has 0 spiro atoms. The van der Waals surface area contributed by atoms with Crippen molar-refractivity contribution < 1.29 is 42.4 Å². The van der Waals surface area contributed by atoms with Crippen LogP contribution in [0, 0.1) is 17.0 Å². The van der Waals surface area contributed by atoms with Crippen molar-refractivity contribution in [3.8, 4) is 34.8 Å². The number of nitrogens with one attached hydrogen (secondary N) is 1. The van der Waals surface area contributed by atoms with E-state index in [1.807, 2.05) is 25.1 Å². The number of methoxy groups -OCH3 is 1. The van der Waals surface area contributed by atoms with Gasteiger partial charge in [-0.1, -0.05) is 12.1 Å². The third kappa shape index (κ3) is 7.04. The quantitative estimate of drug-likeness (QED) is 0.146. The van der Waals surface area contributed by atoms with E-state index in [-0.39, 0.29) is 46.6 Å². The molecular formula is C31H30F2N4O7. The monoisotopic (exact) mass is 608 g/mol. The highest BCUT2D eigenvalue weighted by Crippen LogP contribution is 2.41. The highest BCUT2D eigenvalue weighted by molar-refractivity contribution is 5.95. The normalized spacial score (nSPS) is 14.4. The summed E-state index contributed by atoms with van der Waals surface area (Å²) < 4.78 is 59.7. The van der Waals surface area contributed by atoms with Gasteiger partial charge in [-0.25, -0.2) is 4.79 Å². The number of halogens is 2. The number of pyridine rings is 1. The van der Waals surface area contributed by atoms with Gasteiger partial charge in [0.25, 0.3) is 11.8 Å². The zero-order valence-corrected chi connectivity index (χ0v) is 24.3. The Morgan fingerprint density at radius 3 is 2.45 bits per heavy atom. The predicted molar refractivity (Wildman–Crippen MR) is 156 cm³/mol. The molecule has 2 aromatic carbocycles. The van der Waals surface area contributed by atoms with Crippen LogP contribution in [0.5, 0.6) is 34.8 Å². The van der Waals surface area contributed by atoms with E-state index in [1.165, 1.54) is 37.5 Å². The number of benzene rings is 2. The zero-order chi connectivity index (χ0) is 32.0. The van der Waals surface area contributed by atoms with E-state index in [1.54, 1.807) is 31.1 Å². The summed E-state index contributed by atoms with van der Waals surface area (Å²) in [7, 11) is 5.02. The third-order valence-electron chi connectivity index (χ3n) is 6.12. The molecule has 4 N–H and O–H groups in total. The SMILES string of the molecule is CCOC1=CC=C(Oc2c(F)c(Oc3cccc(CN(C)C)c3)nc(Oc3cc(C(=N)N)ccc3O)c2F)C(OC)C1=C=O. The van der Waals surface area contributed by atoms with Crippen molar-refractivity contribution in [2.75, 3.05) is 27.8 Å². The standard InChI is InChI=1S/C31H30F2N4O7/c1-5-41-22-11-12-23(27(40-4)20(22)16-38)43-28-25(32)30(42-19-8-6-7-17(13-19)15-37(2)3)36-31(26(28)33)44-24-14-18(29(34)35)9-10-21(24)39/h6-14,27,39H,5,15H2,1-4H3,(H3,34,35). The van der Waals surface area contributed by atoms with Gasteiger partial charge in [0, 0.05) is 19.2 Å². The molecular weight excluding hydrogens is 578 g/mol. The van der Waals surface area contributed by atoms with Gasteiger partial charge in [0.1, 0.15) is 34.6 Å². The van der Waals surface area contributed by atoms with Crippen LogP contribution in [0.25, 0.3) is 0 Å². The zero-order valence-electron chi connectivity index (χ0n) is 24.3. The summed E-state index contributed by atoms with van der Waals surface area (Å²) in [5.74, 6) is -4.51. The van der Waals surface area contributed by atoms with Crippen LogP contribution in [0.15, 0.2) is 71.7 Å². The number of rotatable bonds is 12. The molecule has 11 nitrogen and oxygen atoms in total. The average molecular weight is 609 g/mol. The van der Waals surface area contributed by atoms with Crippen molar-refractivity contribution in [1.29, 1.82) is 5.41 Å². The van der Waals surface area contributed by atoms with E-state index in [2.05, 4.69) is 4.98 Å². The number of ether oxygens (including phenoxy) is 5. The van der Waals surface area contributed by atoms with E-state index in [9.17, 15) is 9.90 Å². The van der Waals surface area contributed by atoms with Gasteiger partial charge >= 0.3 is 0 Å². The first-order valence-corrected chi connectivity index (χ1v) is 13.2. The lowest BCUT2D eigenvalue weighted by molar-refractivity contribution is 0.112. The summed E-state index contributed by atoms with van der Waals surface area (Å²) in [4.78, 5) is 17.6. The molecule has 0 amide bonds. The number of phenolic OH excluding ortho intramolecular Hbond substituents is 1. The third-order valence-corrected chi connectivity index (χ3v) is 6.12. The minimum Gasteiger partial charge on any atom is -0.504 e. The number of aromatic hydroxyl groups is 1. The number of amidine groups is 1. The van der Waals surface area contributed by atoms with E-state index < -0.39 is 41.0 Å². The molecule has 0 saturated heterocycles. The number of allylic oxidation sites excluding steroid dienone is 2. The predicted octanol–water partition coefficient (Wildman–Crippen LogP) is 4.97. The molecule has 44 heavy (non-hydrogen) atoms. The lowest BCUT2D eigenvalue weighted by Crippen LogP contribution is -2.26. The fraction of sp³-hybridized carbons (Fsp3) is 0.226. The Hall–Kier alpha value is -5.23. The maximum atomic E-state index is 16.0. The summed E-state index contributed by atoms with van der Waals surface area (Å²) >= 11 is 0. The number of nitrogen functional groups attached to an aromatic ring is 1. The second-order valence-electron chi connectivity index (χ2n) is 9.63. The molecule has 1 aliphatic rings. The van der Waals surface area contributed by atoms with E-state index in [0.717, 1.165) is 5.56 Å². The first-order valence-electron chi connectivity index (χ1n) is 13.2. The molecule has 230 valence electrons. The van der Waals surface area contributed by atoms with Gasteiger partial charge in [0.15, 0.2) is 17.6 Å². The molecule has 0 fully saturated rings. The Morgan fingerprint density at radius 1 is 1.09 bits per heavy atom. The minimum atomic E-state index is -1.41. The molecule has 13 heteroatoms. The van der Waals surface area contributed by atoms with Gasteiger partial charge in [-0.3, -0.25) is 5.41 Å². The highest BCUT2D eigenvalue weighted by Gasteiger charge is 2.33. The number of nitrogens with zero attached hydrogens (tertiary/aromatic N) is 2. The van der Waals surface area contributed by atoms with Crippen LogP contribution in [0.3, 0.4) is 0 Å². The van der Waals surface area contributed by atoms with E-state index >= 15 is 8.78 Å². The molecule has 0 radical (unpaired) electrons. The Morgan fingerprint density at radius 2 is 1.82 bits per heavy atom. The summed E-state index contributed by atoms with van der Waals surface area (Å²) in [6.45, 7) is 2.51. The first-order chi connectivity index (χ1) is 21.1. The van der Waals surface area contributed by atoms with Gasteiger partial charge in [-0.15, -0.1) is 0 Å². The van der Waals surface area contributed by atoms with Crippen LogP contribution in [-0.2, 0) is 20.8 Å². The molecule has 0 saturated carbocycles. The number of carbonyl (C=O) groups excluding carboxylic acids is 1. The summed E-state index contributed by atoms with van der Waals surface area (Å²) in [5, 5.41) is 18.0. The van der Waals surface area contributed by atoms with Gasteiger partial charge in [0.05, 0.1) is 6.61 Å². The van der Waals surface area contributed by atoms with Gasteiger partial charge in [0.2, 0.25) is 17.4 Å². The molecule has 1 aliphatic carbocycles. The Bertz CT molecular complexity index is 1680. The first kappa shape index (κ1) is 31.7. The van der Waals surface area contributed by atoms with Crippen LogP contribution < -0.4 is 19.9 Å². The number of hydrogen-bond acceptors (Lipinski definition) is 10. The number of hydrogen-bond donors (Lipinski definition) is 3. The topological polar surface area (TPSA) is 149 Å². The van der Waals surface area contributed by atoms with Crippen LogP contribution >= 0.6 is 0 Å². The van der Waals surface area contributed by atoms with Crippen LogP contribution in [-0.4, -0.2) is 60.7 Å². The fourth-order valence-electron chi connectivity index (χ4n) is 4.19. The van der Waals surface area contributed by atoms with E-state index in [4.69, 9.17) is 34.8 Å². The summed E-state index contributed by atoms with van der Waals surface area (Å²) in [5.41, 5.74) is 6.45. The molecule has 1 heterocycles. The lowest BCUT2D eigenvalue weighted by atomic mass is 10.0. The van der Waals surface area contributed by atoms with Gasteiger partial charge in [-0.2, -0.15) is 13.8 Å². The average Bonchev–Trinajstić information content (AvgIpc) is 2.98. The van der Waals surface area contributed by atoms with Crippen LogP contribution in [0.1, 0.15) is 18.1 Å². The van der Waals surface area contributed by atoms with E-state index in [0.29, 0.717) is 6.54 Å². The maximum absolute atomic E-state index is 16.0. The molecule has 0 bridgehead atoms. The highest BCUT2D eigenvalue weighted by atomic mass is 19.1. The summed E-state index contributed by atoms with van der Waals surface area (Å²) in [6.07, 6.45) is 1.48. The molecule has 0 aliphatic heterocycles. The number of phenols is 1. The van der Waals surface area contributed by atoms with Crippen molar-refractivity contribution >= 4 is 11.8 Å². The van der Waals surface area contributed by atoms with Gasteiger partial charge in [-0.05, 0) is 69.1 Å². The van der Waals surface area contributed by atoms with Crippen LogP contribution in [0.4, 0.5) is 8.78 Å². The van der Waals surface area contributed by atoms with Crippen molar-refractivity contribution in [1.82, 2.24) is 9.88 Å². The molecule has 3 aromatic rings. The Kier molecular flexibility index (Phi) is 9.96. The summed E-state index contributed by atoms with van der Waals surface area (Å²) in [6, 6.07) is 10.5. The molecule has 1 atom stereocenters. The maximum Gasteiger partial charge on any atom is 0.263 e. The second-order valence-corrected chi connectivity index (χ2v) is 9.63. The molecule has 4 rings (SSSR count). The Balaban J connectivity index is 1.83. The van der Waals surface area contributed by atoms with Crippen molar-refractivity contribution in [2.45, 2.75) is 19.6 Å². The van der Waals surface area contributed by atoms with Crippen molar-refractivity contribution in [3.05, 3.63) is 94.5 Å². The number of nitrogens with two attached hydrogens (primary N) is 1. The molecule has 1 aromatic heterocycles. The van der Waals surface area contributed by atoms with Gasteiger partial charge < -0.3 is 39.4 Å². The largest absolute Gasteiger partial charge is 0.504 e. The lowest BCUT2D eigenvalue weighted by Gasteiger charge is -2.25. The minimum absolute atomic E-state index is 0.0849.